The lowest BCUT2D eigenvalue weighted by Crippen LogP contribution is -2.48. The van der Waals surface area contributed by atoms with Gasteiger partial charge in [0.05, 0.1) is 49.0 Å². The summed E-state index contributed by atoms with van der Waals surface area (Å²) in [7, 11) is 5.05. The maximum Gasteiger partial charge on any atom is 0.342 e. The van der Waals surface area contributed by atoms with Crippen molar-refractivity contribution < 1.29 is 32.7 Å². The molecule has 62 heavy (non-hydrogen) atoms. The van der Waals surface area contributed by atoms with Crippen LogP contribution < -0.4 is 35.4 Å². The molecule has 4 fully saturated rings. The number of nitrogens with one attached hydrogen (secondary N) is 3. The molecule has 8 rings (SSSR count). The maximum atomic E-state index is 15.1. The van der Waals surface area contributed by atoms with Crippen molar-refractivity contribution in [3.8, 4) is 5.75 Å². The minimum absolute atomic E-state index is 0.0607. The van der Waals surface area contributed by atoms with Crippen molar-refractivity contribution in [3.05, 3.63) is 53.5 Å². The van der Waals surface area contributed by atoms with Crippen LogP contribution in [0.3, 0.4) is 0 Å². The number of carbonyl (C=O) groups is 4. The third-order valence-corrected chi connectivity index (χ3v) is 13.7. The van der Waals surface area contributed by atoms with Gasteiger partial charge in [0.25, 0.3) is 11.8 Å². The lowest BCUT2D eigenvalue weighted by molar-refractivity contribution is -0.140. The van der Waals surface area contributed by atoms with Crippen molar-refractivity contribution in [2.24, 2.45) is 5.92 Å². The van der Waals surface area contributed by atoms with E-state index in [1.807, 2.05) is 12.3 Å². The number of hydrogen-bond acceptors (Lipinski definition) is 12. The number of alkyl halides is 2. The molecule has 5 heterocycles. The number of carbonyl (C=O) groups excluding carboxylic acids is 4. The van der Waals surface area contributed by atoms with Gasteiger partial charge in [-0.15, -0.1) is 0 Å². The Morgan fingerprint density at radius 1 is 0.968 bits per heavy atom. The molecule has 1 unspecified atom stereocenters. The third kappa shape index (κ3) is 9.18. The summed E-state index contributed by atoms with van der Waals surface area (Å²) in [5.74, 6) is -4.48. The fourth-order valence-corrected chi connectivity index (χ4v) is 10.1. The number of amides is 4. The molecule has 1 atom stereocenters. The number of hydrogen-bond donors (Lipinski definition) is 3. The van der Waals surface area contributed by atoms with Gasteiger partial charge >= 0.3 is 5.92 Å². The molecule has 2 aromatic heterocycles. The molecule has 3 N–H and O–H groups in total. The monoisotopic (exact) mass is 856 g/mol. The summed E-state index contributed by atoms with van der Waals surface area (Å²) in [6, 6.07) is 7.45. The van der Waals surface area contributed by atoms with Crippen LogP contribution >= 0.6 is 0 Å². The molecule has 3 aromatic rings. The van der Waals surface area contributed by atoms with Crippen molar-refractivity contribution in [2.45, 2.75) is 114 Å². The number of nitrogens with zero attached hydrogens (tertiary/aromatic N) is 7. The van der Waals surface area contributed by atoms with Crippen LogP contribution in [0.1, 0.15) is 105 Å². The van der Waals surface area contributed by atoms with Crippen LogP contribution in [-0.2, 0) is 14.4 Å². The van der Waals surface area contributed by atoms with E-state index in [-0.39, 0.29) is 53.2 Å². The van der Waals surface area contributed by atoms with Gasteiger partial charge in [-0.3, -0.25) is 29.5 Å². The first-order chi connectivity index (χ1) is 29.8. The minimum atomic E-state index is -3.57. The van der Waals surface area contributed by atoms with Crippen molar-refractivity contribution in [3.63, 3.8) is 0 Å². The second kappa shape index (κ2) is 18.1. The molecule has 0 radical (unpaired) electrons. The van der Waals surface area contributed by atoms with Gasteiger partial charge in [-0.2, -0.15) is 13.8 Å². The van der Waals surface area contributed by atoms with Crippen molar-refractivity contribution in [1.82, 2.24) is 30.5 Å². The first kappa shape index (κ1) is 43.2. The molecule has 5 aliphatic rings. The number of fused-ring (bicyclic) bond motifs is 1. The van der Waals surface area contributed by atoms with Crippen molar-refractivity contribution in [2.75, 3.05) is 67.4 Å². The second-order valence-electron chi connectivity index (χ2n) is 17.8. The highest BCUT2D eigenvalue weighted by Crippen LogP contribution is 2.40. The van der Waals surface area contributed by atoms with Crippen LogP contribution in [0.5, 0.6) is 5.75 Å². The van der Waals surface area contributed by atoms with Crippen LogP contribution in [0.15, 0.2) is 36.7 Å². The number of piperidine rings is 2. The average molecular weight is 857 g/mol. The summed E-state index contributed by atoms with van der Waals surface area (Å²) in [5, 5.41) is 8.81. The minimum Gasteiger partial charge on any atom is -0.495 e. The summed E-state index contributed by atoms with van der Waals surface area (Å²) in [4.78, 5) is 71.2. The number of benzene rings is 1. The summed E-state index contributed by atoms with van der Waals surface area (Å²) in [6.07, 6.45) is 13.4. The number of imide groups is 1. The van der Waals surface area contributed by atoms with Gasteiger partial charge in [-0.25, -0.2) is 4.98 Å². The van der Waals surface area contributed by atoms with Crippen LogP contribution in [0.2, 0.25) is 0 Å². The normalized spacial score (nSPS) is 23.6. The Labute approximate surface area is 361 Å². The second-order valence-corrected chi connectivity index (χ2v) is 17.8. The summed E-state index contributed by atoms with van der Waals surface area (Å²) < 4.78 is 35.8. The lowest BCUT2D eigenvalue weighted by Gasteiger charge is -2.39. The maximum absolute atomic E-state index is 15.1. The molecule has 2 aliphatic carbocycles. The van der Waals surface area contributed by atoms with Gasteiger partial charge in [-0.1, -0.05) is 12.8 Å². The average Bonchev–Trinajstić information content (AvgIpc) is 3.79. The first-order valence-electron chi connectivity index (χ1n) is 22.1. The van der Waals surface area contributed by atoms with E-state index in [1.165, 1.54) is 20.4 Å². The Morgan fingerprint density at radius 3 is 2.39 bits per heavy atom. The van der Waals surface area contributed by atoms with Crippen molar-refractivity contribution >= 4 is 52.5 Å². The zero-order valence-electron chi connectivity index (χ0n) is 36.1. The summed E-state index contributed by atoms with van der Waals surface area (Å²) in [5.41, 5.74) is 4.10. The highest BCUT2D eigenvalue weighted by molar-refractivity contribution is 6.02. The fraction of sp³-hybridized carbons (Fsp3) is 0.578. The zero-order chi connectivity index (χ0) is 43.7. The molecule has 0 spiro atoms. The summed E-state index contributed by atoms with van der Waals surface area (Å²) >= 11 is 0. The topological polar surface area (TPSA) is 165 Å². The molecule has 17 heteroatoms. The third-order valence-electron chi connectivity index (χ3n) is 13.7. The van der Waals surface area contributed by atoms with Crippen LogP contribution in [0.4, 0.5) is 37.6 Å². The number of pyridine rings is 1. The SMILES string of the molecule is COc1cc(C(=O)NC2CCC(N(C)CC3CCN(c4cnc(C5CCC(=O)NC5=O)cc4C)CC3)CC2)ccc1Nc1ncc2c(n1)N(C1CCCC1)CC(F)(F)C(=O)N2C. The predicted molar refractivity (Wildman–Crippen MR) is 231 cm³/mol. The Balaban J connectivity index is 0.815. The zero-order valence-corrected chi connectivity index (χ0v) is 36.1. The van der Waals surface area contributed by atoms with Gasteiger partial charge in [-0.05, 0) is 108 Å². The number of ether oxygens (including phenoxy) is 1. The van der Waals surface area contributed by atoms with E-state index in [0.29, 0.717) is 41.8 Å². The highest BCUT2D eigenvalue weighted by atomic mass is 19.3. The number of methoxy groups -OCH3 is 1. The van der Waals surface area contributed by atoms with E-state index in [2.05, 4.69) is 54.7 Å². The largest absolute Gasteiger partial charge is 0.495 e. The van der Waals surface area contributed by atoms with E-state index in [4.69, 9.17) is 4.74 Å². The highest BCUT2D eigenvalue weighted by Gasteiger charge is 2.49. The molecule has 0 bridgehead atoms. The number of aromatic nitrogens is 3. The van der Waals surface area contributed by atoms with E-state index < -0.39 is 18.4 Å². The number of halogens is 2. The quantitative estimate of drug-likeness (QED) is 0.202. The Hall–Kier alpha value is -5.45. The summed E-state index contributed by atoms with van der Waals surface area (Å²) in [6.45, 7) is 4.25. The van der Waals surface area contributed by atoms with Crippen molar-refractivity contribution in [1.29, 1.82) is 0 Å². The molecule has 332 valence electrons. The van der Waals surface area contributed by atoms with Gasteiger partial charge in [0.15, 0.2) is 5.82 Å². The molecule has 3 aliphatic heterocycles. The molecule has 4 amide bonds. The molecular formula is C45H58F2N10O5. The van der Waals surface area contributed by atoms with Gasteiger partial charge < -0.3 is 35.0 Å². The van der Waals surface area contributed by atoms with E-state index in [1.54, 1.807) is 23.1 Å². The van der Waals surface area contributed by atoms with Crippen LogP contribution in [0.25, 0.3) is 0 Å². The smallest absolute Gasteiger partial charge is 0.342 e. The predicted octanol–water partition coefficient (Wildman–Crippen LogP) is 5.70. The van der Waals surface area contributed by atoms with Crippen LogP contribution in [-0.4, -0.2) is 115 Å². The molecule has 15 nitrogen and oxygen atoms in total. The van der Waals surface area contributed by atoms with E-state index >= 15 is 8.78 Å². The molecular weight excluding hydrogens is 799 g/mol. The van der Waals surface area contributed by atoms with Gasteiger partial charge in [0.2, 0.25) is 17.8 Å². The molecule has 2 saturated heterocycles. The molecule has 2 saturated carbocycles. The fourth-order valence-electron chi connectivity index (χ4n) is 10.1. The Bertz CT molecular complexity index is 2170. The Morgan fingerprint density at radius 2 is 1.69 bits per heavy atom. The van der Waals surface area contributed by atoms with E-state index in [9.17, 15) is 19.2 Å². The lowest BCUT2D eigenvalue weighted by atomic mass is 9.88. The van der Waals surface area contributed by atoms with E-state index in [0.717, 1.165) is 106 Å². The van der Waals surface area contributed by atoms with Gasteiger partial charge in [0, 0.05) is 56.8 Å². The number of rotatable bonds is 11. The molecule has 1 aromatic carbocycles. The first-order valence-corrected chi connectivity index (χ1v) is 22.1. The Kier molecular flexibility index (Phi) is 12.6. The number of aryl methyl sites for hydroxylation is 1. The number of anilines is 5. The van der Waals surface area contributed by atoms with Gasteiger partial charge in [0.1, 0.15) is 11.4 Å². The standard InChI is InChI=1S/C45H58F2N10O5/c1-27-21-35(33-14-16-39(58)52-42(33)60)48-23-36(27)56-19-17-28(18-20-56)25-54(2)31-12-10-30(11-13-31)50-41(59)29-9-15-34(38(22-29)62-4)51-44-49-24-37-40(53-44)57(32-7-5-6-8-32)26-45(46,47)43(61)55(37)3/h9,15,21-24,28,30-33H,5-8,10-14,16-20,25-26H2,1-4H3,(H,50,59)(H,49,51,53)(H,52,58,60). The van der Waals surface area contributed by atoms with Crippen LogP contribution in [0, 0.1) is 12.8 Å².